The Hall–Kier alpha value is -1.08. The molecule has 0 unspecified atom stereocenters. The second-order valence-electron chi connectivity index (χ2n) is 2.36. The van der Waals surface area contributed by atoms with E-state index in [2.05, 4.69) is 10.6 Å². The number of rotatable bonds is 6. The number of hydrogen-bond donors (Lipinski definition) is 2. The number of amides is 1. The molecule has 4 nitrogen and oxygen atoms in total. The maximum absolute atomic E-state index is 10.9. The Kier molecular flexibility index (Phi) is 7.30. The first-order chi connectivity index (χ1) is 5.81. The quantitative estimate of drug-likeness (QED) is 0.551. The van der Waals surface area contributed by atoms with E-state index in [1.807, 2.05) is 13.0 Å². The fourth-order valence-electron chi connectivity index (χ4n) is 0.725. The second kappa shape index (κ2) is 8.02. The monoisotopic (exact) mass is 169 g/mol. The number of nitrogens with one attached hydrogen (secondary N) is 2. The van der Waals surface area contributed by atoms with E-state index < -0.39 is 0 Å². The van der Waals surface area contributed by atoms with Gasteiger partial charge in [0.05, 0.1) is 12.5 Å². The summed E-state index contributed by atoms with van der Waals surface area (Å²) >= 11 is 0. The van der Waals surface area contributed by atoms with Crippen molar-refractivity contribution < 1.29 is 4.79 Å². The normalized spacial score (nSPS) is 9.00. The highest BCUT2D eigenvalue weighted by Crippen LogP contribution is 1.78. The zero-order valence-corrected chi connectivity index (χ0v) is 7.39. The minimum absolute atomic E-state index is 0.00574. The van der Waals surface area contributed by atoms with Gasteiger partial charge < -0.3 is 10.6 Å². The van der Waals surface area contributed by atoms with Gasteiger partial charge in [0.2, 0.25) is 5.91 Å². The van der Waals surface area contributed by atoms with Crippen molar-refractivity contribution in [3.63, 3.8) is 0 Å². The molecule has 0 saturated heterocycles. The lowest BCUT2D eigenvalue weighted by Crippen LogP contribution is -2.28. The summed E-state index contributed by atoms with van der Waals surface area (Å²) < 4.78 is 0. The summed E-state index contributed by atoms with van der Waals surface area (Å²) in [6, 6.07) is 1.96. The van der Waals surface area contributed by atoms with Crippen LogP contribution in [-0.2, 0) is 4.79 Å². The topological polar surface area (TPSA) is 64.9 Å². The van der Waals surface area contributed by atoms with E-state index in [1.165, 1.54) is 0 Å². The van der Waals surface area contributed by atoms with Crippen LogP contribution in [0.25, 0.3) is 0 Å². The molecule has 0 atom stereocenters. The third-order valence-electron chi connectivity index (χ3n) is 1.34. The van der Waals surface area contributed by atoms with Crippen LogP contribution in [0, 0.1) is 11.3 Å². The van der Waals surface area contributed by atoms with Gasteiger partial charge in [-0.05, 0) is 6.54 Å². The highest BCUT2D eigenvalue weighted by molar-refractivity contribution is 5.76. The zero-order chi connectivity index (χ0) is 9.23. The van der Waals surface area contributed by atoms with E-state index in [0.717, 1.165) is 6.54 Å². The van der Waals surface area contributed by atoms with Crippen molar-refractivity contribution in [2.45, 2.75) is 19.8 Å². The predicted molar refractivity (Wildman–Crippen MR) is 46.4 cm³/mol. The molecule has 0 aromatic heterocycles. The van der Waals surface area contributed by atoms with Gasteiger partial charge in [0.1, 0.15) is 0 Å². The van der Waals surface area contributed by atoms with Crippen LogP contribution in [0.3, 0.4) is 0 Å². The highest BCUT2D eigenvalue weighted by atomic mass is 16.1. The van der Waals surface area contributed by atoms with Gasteiger partial charge in [-0.25, -0.2) is 0 Å². The smallest absolute Gasteiger partial charge is 0.221 e. The van der Waals surface area contributed by atoms with Gasteiger partial charge in [0.15, 0.2) is 0 Å². The van der Waals surface area contributed by atoms with Crippen LogP contribution in [0.2, 0.25) is 0 Å². The van der Waals surface area contributed by atoms with E-state index in [0.29, 0.717) is 25.9 Å². The highest BCUT2D eigenvalue weighted by Gasteiger charge is 1.97. The van der Waals surface area contributed by atoms with Crippen LogP contribution >= 0.6 is 0 Å². The van der Waals surface area contributed by atoms with Crippen molar-refractivity contribution in [3.05, 3.63) is 0 Å². The van der Waals surface area contributed by atoms with E-state index >= 15 is 0 Å². The van der Waals surface area contributed by atoms with Gasteiger partial charge in [0, 0.05) is 19.5 Å². The first-order valence-electron chi connectivity index (χ1n) is 4.15. The third kappa shape index (κ3) is 7.03. The van der Waals surface area contributed by atoms with E-state index in [1.54, 1.807) is 0 Å². The number of nitriles is 1. The van der Waals surface area contributed by atoms with Gasteiger partial charge >= 0.3 is 0 Å². The average Bonchev–Trinajstić information content (AvgIpc) is 2.06. The molecule has 0 saturated carbocycles. The summed E-state index contributed by atoms with van der Waals surface area (Å²) in [5.74, 6) is 0.00574. The average molecular weight is 169 g/mol. The van der Waals surface area contributed by atoms with Gasteiger partial charge in [-0.3, -0.25) is 4.79 Å². The SMILES string of the molecule is CCNCCC(=O)NCCC#N. The van der Waals surface area contributed by atoms with Crippen molar-refractivity contribution in [2.24, 2.45) is 0 Å². The van der Waals surface area contributed by atoms with Crippen LogP contribution in [-0.4, -0.2) is 25.5 Å². The Morgan fingerprint density at radius 1 is 1.50 bits per heavy atom. The summed E-state index contributed by atoms with van der Waals surface area (Å²) in [7, 11) is 0. The molecule has 0 spiro atoms. The predicted octanol–water partition coefficient (Wildman–Crippen LogP) is 0.0159. The van der Waals surface area contributed by atoms with Gasteiger partial charge in [-0.2, -0.15) is 5.26 Å². The molecular weight excluding hydrogens is 154 g/mol. The van der Waals surface area contributed by atoms with E-state index in [4.69, 9.17) is 5.26 Å². The van der Waals surface area contributed by atoms with Gasteiger partial charge in [0.25, 0.3) is 0 Å². The van der Waals surface area contributed by atoms with Crippen molar-refractivity contribution in [1.29, 1.82) is 5.26 Å². The number of nitrogens with zero attached hydrogens (tertiary/aromatic N) is 1. The Balaban J connectivity index is 3.17. The van der Waals surface area contributed by atoms with Crippen molar-refractivity contribution in [3.8, 4) is 6.07 Å². The summed E-state index contributed by atoms with van der Waals surface area (Å²) in [5.41, 5.74) is 0. The standard InChI is InChI=1S/C8H15N3O/c1-2-10-7-4-8(12)11-6-3-5-9/h10H,2-4,6-7H2,1H3,(H,11,12). The first-order valence-corrected chi connectivity index (χ1v) is 4.15. The molecule has 0 heterocycles. The molecule has 0 aromatic carbocycles. The molecule has 4 heteroatoms. The van der Waals surface area contributed by atoms with Crippen molar-refractivity contribution >= 4 is 5.91 Å². The lowest BCUT2D eigenvalue weighted by molar-refractivity contribution is -0.120. The second-order valence-corrected chi connectivity index (χ2v) is 2.36. The zero-order valence-electron chi connectivity index (χ0n) is 7.39. The fraction of sp³-hybridized carbons (Fsp3) is 0.750. The molecule has 0 bridgehead atoms. The molecular formula is C8H15N3O. The van der Waals surface area contributed by atoms with Crippen LogP contribution in [0.1, 0.15) is 19.8 Å². The molecule has 0 rings (SSSR count). The largest absolute Gasteiger partial charge is 0.355 e. The molecule has 0 radical (unpaired) electrons. The Morgan fingerprint density at radius 3 is 2.83 bits per heavy atom. The Morgan fingerprint density at radius 2 is 2.25 bits per heavy atom. The summed E-state index contributed by atoms with van der Waals surface area (Å²) in [6.45, 7) is 4.04. The van der Waals surface area contributed by atoms with Gasteiger partial charge in [-0.15, -0.1) is 0 Å². The van der Waals surface area contributed by atoms with Crippen molar-refractivity contribution in [2.75, 3.05) is 19.6 Å². The summed E-state index contributed by atoms with van der Waals surface area (Å²) in [5, 5.41) is 13.9. The minimum Gasteiger partial charge on any atom is -0.355 e. The van der Waals surface area contributed by atoms with Crippen LogP contribution in [0.15, 0.2) is 0 Å². The lowest BCUT2D eigenvalue weighted by Gasteiger charge is -2.02. The summed E-state index contributed by atoms with van der Waals surface area (Å²) in [6.07, 6.45) is 0.867. The third-order valence-corrected chi connectivity index (χ3v) is 1.34. The molecule has 12 heavy (non-hydrogen) atoms. The first kappa shape index (κ1) is 10.9. The maximum Gasteiger partial charge on any atom is 0.221 e. The molecule has 1 amide bonds. The molecule has 0 aliphatic heterocycles. The molecule has 68 valence electrons. The van der Waals surface area contributed by atoms with E-state index in [9.17, 15) is 4.79 Å². The fourth-order valence-corrected chi connectivity index (χ4v) is 0.725. The molecule has 0 aliphatic carbocycles. The number of hydrogen-bond acceptors (Lipinski definition) is 3. The molecule has 0 aliphatic rings. The van der Waals surface area contributed by atoms with Crippen LogP contribution in [0.4, 0.5) is 0 Å². The molecule has 0 fully saturated rings. The maximum atomic E-state index is 10.9. The summed E-state index contributed by atoms with van der Waals surface area (Å²) in [4.78, 5) is 10.9. The Labute approximate surface area is 72.9 Å². The minimum atomic E-state index is 0.00574. The van der Waals surface area contributed by atoms with Gasteiger partial charge in [-0.1, -0.05) is 6.92 Å². The Bertz CT molecular complexity index is 162. The number of carbonyl (C=O) groups excluding carboxylic acids is 1. The molecule has 2 N–H and O–H groups in total. The van der Waals surface area contributed by atoms with Crippen molar-refractivity contribution in [1.82, 2.24) is 10.6 Å². The lowest BCUT2D eigenvalue weighted by atomic mass is 10.3. The number of carbonyl (C=O) groups is 1. The van der Waals surface area contributed by atoms with Crippen LogP contribution < -0.4 is 10.6 Å². The van der Waals surface area contributed by atoms with E-state index in [-0.39, 0.29) is 5.91 Å². The molecule has 0 aromatic rings. The van der Waals surface area contributed by atoms with Crippen LogP contribution in [0.5, 0.6) is 0 Å².